The van der Waals surface area contributed by atoms with E-state index in [1.807, 2.05) is 44.2 Å². The molecule has 1 amide bonds. The average Bonchev–Trinajstić information content (AvgIpc) is 3.25. The van der Waals surface area contributed by atoms with Crippen molar-refractivity contribution in [1.29, 1.82) is 0 Å². The van der Waals surface area contributed by atoms with Gasteiger partial charge in [0.25, 0.3) is 0 Å². The second kappa shape index (κ2) is 8.55. The van der Waals surface area contributed by atoms with Crippen LogP contribution in [0.4, 0.5) is 0 Å². The molecule has 3 rings (SSSR count). The van der Waals surface area contributed by atoms with E-state index in [-0.39, 0.29) is 11.8 Å². The Balaban J connectivity index is 2.03. The first-order chi connectivity index (χ1) is 13.0. The molecule has 0 N–H and O–H groups in total. The number of aryl methyl sites for hydroxylation is 1. The van der Waals surface area contributed by atoms with Gasteiger partial charge in [-0.05, 0) is 37.6 Å². The van der Waals surface area contributed by atoms with Crippen LogP contribution in [-0.4, -0.2) is 22.3 Å². The molecule has 27 heavy (non-hydrogen) atoms. The molecule has 0 aromatic carbocycles. The molecular formula is C21H21ClN2O2S. The van der Waals surface area contributed by atoms with Crippen molar-refractivity contribution in [3.8, 4) is 0 Å². The molecule has 1 aliphatic rings. The van der Waals surface area contributed by atoms with Crippen molar-refractivity contribution >= 4 is 34.4 Å². The van der Waals surface area contributed by atoms with Gasteiger partial charge in [0, 0.05) is 22.9 Å². The van der Waals surface area contributed by atoms with E-state index in [0.717, 1.165) is 26.0 Å². The van der Waals surface area contributed by atoms with Gasteiger partial charge in [-0.25, -0.2) is 4.98 Å². The fraction of sp³-hybridized carbons (Fsp3) is 0.238. The van der Waals surface area contributed by atoms with Crippen LogP contribution in [0.5, 0.6) is 0 Å². The molecule has 3 heterocycles. The predicted molar refractivity (Wildman–Crippen MR) is 111 cm³/mol. The maximum Gasteiger partial charge on any atom is 0.246 e. The second-order valence-corrected chi connectivity index (χ2v) is 8.03. The predicted octanol–water partition coefficient (Wildman–Crippen LogP) is 5.53. The lowest BCUT2D eigenvalue weighted by Crippen LogP contribution is -2.36. The Morgan fingerprint density at radius 3 is 2.96 bits per heavy atom. The average molecular weight is 401 g/mol. The summed E-state index contributed by atoms with van der Waals surface area (Å²) in [4.78, 5) is 19.5. The lowest BCUT2D eigenvalue weighted by molar-refractivity contribution is -0.127. The zero-order valence-electron chi connectivity index (χ0n) is 15.3. The van der Waals surface area contributed by atoms with E-state index >= 15 is 0 Å². The number of fused-ring (bicyclic) bond motifs is 1. The summed E-state index contributed by atoms with van der Waals surface area (Å²) in [6, 6.07) is 1.99. The van der Waals surface area contributed by atoms with Crippen LogP contribution in [0.15, 0.2) is 59.8 Å². The number of oxazole rings is 1. The van der Waals surface area contributed by atoms with Gasteiger partial charge in [-0.2, -0.15) is 0 Å². The van der Waals surface area contributed by atoms with Gasteiger partial charge in [0.05, 0.1) is 16.6 Å². The Morgan fingerprint density at radius 2 is 2.30 bits per heavy atom. The van der Waals surface area contributed by atoms with Gasteiger partial charge in [-0.15, -0.1) is 11.3 Å². The molecule has 0 radical (unpaired) electrons. The number of rotatable bonds is 5. The Hall–Kier alpha value is -2.37. The first-order valence-electron chi connectivity index (χ1n) is 8.65. The summed E-state index contributed by atoms with van der Waals surface area (Å²) in [6.45, 7) is 8.58. The van der Waals surface area contributed by atoms with Crippen molar-refractivity contribution in [3.63, 3.8) is 0 Å². The van der Waals surface area contributed by atoms with Crippen LogP contribution in [0, 0.1) is 6.92 Å². The molecule has 0 unspecified atom stereocenters. The number of nitrogens with zero attached hydrogens (tertiary/aromatic N) is 2. The normalized spacial score (nSPS) is 17.7. The largest absolute Gasteiger partial charge is 0.444 e. The van der Waals surface area contributed by atoms with E-state index in [0.29, 0.717) is 19.0 Å². The zero-order valence-corrected chi connectivity index (χ0v) is 16.9. The van der Waals surface area contributed by atoms with Crippen molar-refractivity contribution in [2.75, 3.05) is 6.54 Å². The summed E-state index contributed by atoms with van der Waals surface area (Å²) in [6.07, 6.45) is 12.9. The molecular weight excluding hydrogens is 380 g/mol. The van der Waals surface area contributed by atoms with Crippen LogP contribution in [0.1, 0.15) is 34.9 Å². The summed E-state index contributed by atoms with van der Waals surface area (Å²) in [7, 11) is 0. The minimum atomic E-state index is -0.0819. The van der Waals surface area contributed by atoms with E-state index in [2.05, 4.69) is 17.6 Å². The first-order valence-corrected chi connectivity index (χ1v) is 9.84. The van der Waals surface area contributed by atoms with Crippen LogP contribution in [-0.2, 0) is 11.3 Å². The zero-order chi connectivity index (χ0) is 19.4. The van der Waals surface area contributed by atoms with Crippen molar-refractivity contribution in [2.24, 2.45) is 0 Å². The van der Waals surface area contributed by atoms with Crippen molar-refractivity contribution in [2.45, 2.75) is 26.3 Å². The third-order valence-corrected chi connectivity index (χ3v) is 5.54. The molecule has 0 saturated heterocycles. The van der Waals surface area contributed by atoms with E-state index in [1.54, 1.807) is 11.2 Å². The maximum absolute atomic E-state index is 12.2. The summed E-state index contributed by atoms with van der Waals surface area (Å²) in [5.74, 6) is 0.476. The van der Waals surface area contributed by atoms with Gasteiger partial charge in [-0.1, -0.05) is 42.5 Å². The Morgan fingerprint density at radius 1 is 1.48 bits per heavy atom. The second-order valence-electron chi connectivity index (χ2n) is 6.26. The fourth-order valence-electron chi connectivity index (χ4n) is 3.03. The highest BCUT2D eigenvalue weighted by atomic mass is 35.5. The molecule has 0 saturated carbocycles. The minimum absolute atomic E-state index is 0.00105. The van der Waals surface area contributed by atoms with Crippen LogP contribution in [0.25, 0.3) is 5.57 Å². The molecule has 2 aromatic rings. The molecule has 0 bridgehead atoms. The molecule has 140 valence electrons. The number of allylic oxidation sites excluding steroid dienone is 5. The third-order valence-electron chi connectivity index (χ3n) is 4.28. The van der Waals surface area contributed by atoms with Gasteiger partial charge < -0.3 is 9.32 Å². The molecule has 0 spiro atoms. The number of hydrogen-bond acceptors (Lipinski definition) is 4. The van der Waals surface area contributed by atoms with Crippen molar-refractivity contribution in [3.05, 3.63) is 81.7 Å². The van der Waals surface area contributed by atoms with Gasteiger partial charge in [0.1, 0.15) is 6.26 Å². The number of carbonyl (C=O) groups excluding carboxylic acids is 1. The number of thiophene rings is 1. The molecule has 1 atom stereocenters. The van der Waals surface area contributed by atoms with Crippen molar-refractivity contribution in [1.82, 2.24) is 9.88 Å². The number of hydrogen-bond donors (Lipinski definition) is 0. The lowest BCUT2D eigenvalue weighted by atomic mass is 9.92. The SMILES string of the molecule is C=CC(=O)N1Cc2sc(Cl)cc2[C@@H](/C=C(/C=C\C=C/C)c2nc(C)co2)C1. The Labute approximate surface area is 168 Å². The van der Waals surface area contributed by atoms with E-state index < -0.39 is 0 Å². The lowest BCUT2D eigenvalue weighted by Gasteiger charge is -2.31. The Kier molecular flexibility index (Phi) is 6.14. The number of aromatic nitrogens is 1. The van der Waals surface area contributed by atoms with Gasteiger partial charge in [-0.3, -0.25) is 4.79 Å². The monoisotopic (exact) mass is 400 g/mol. The van der Waals surface area contributed by atoms with Crippen molar-refractivity contribution < 1.29 is 9.21 Å². The highest BCUT2D eigenvalue weighted by molar-refractivity contribution is 7.16. The summed E-state index contributed by atoms with van der Waals surface area (Å²) >= 11 is 7.77. The van der Waals surface area contributed by atoms with Gasteiger partial charge >= 0.3 is 0 Å². The third kappa shape index (κ3) is 4.49. The van der Waals surface area contributed by atoms with E-state index in [1.165, 1.54) is 17.4 Å². The molecule has 0 fully saturated rings. The molecule has 0 aliphatic carbocycles. The van der Waals surface area contributed by atoms with Crippen LogP contribution < -0.4 is 0 Å². The van der Waals surface area contributed by atoms with Gasteiger partial charge in [0.15, 0.2) is 0 Å². The van der Waals surface area contributed by atoms with Crippen LogP contribution in [0.3, 0.4) is 0 Å². The summed E-state index contributed by atoms with van der Waals surface area (Å²) in [5.41, 5.74) is 2.84. The quantitative estimate of drug-likeness (QED) is 0.490. The number of carbonyl (C=O) groups is 1. The molecule has 2 aromatic heterocycles. The molecule has 6 heteroatoms. The van der Waals surface area contributed by atoms with E-state index in [9.17, 15) is 4.79 Å². The Bertz CT molecular complexity index is 936. The first kappa shape index (κ1) is 19.4. The number of halogens is 1. The fourth-order valence-corrected chi connectivity index (χ4v) is 4.40. The topological polar surface area (TPSA) is 46.3 Å². The van der Waals surface area contributed by atoms with E-state index in [4.69, 9.17) is 16.0 Å². The maximum atomic E-state index is 12.2. The summed E-state index contributed by atoms with van der Waals surface area (Å²) in [5, 5.41) is 0. The summed E-state index contributed by atoms with van der Waals surface area (Å²) < 4.78 is 6.34. The molecule has 1 aliphatic heterocycles. The smallest absolute Gasteiger partial charge is 0.246 e. The highest BCUT2D eigenvalue weighted by Crippen LogP contribution is 2.39. The number of amides is 1. The standard InChI is InChI=1S/C21H21ClN2O2S/c1-4-6-7-8-15(21-23-14(3)13-26-21)9-16-11-24(20(25)5-2)12-18-17(16)10-19(22)27-18/h4-10,13,16H,2,11-12H2,1,3H3/b6-4-,8-7-,15-9-/t16-/m0/s1. The minimum Gasteiger partial charge on any atom is -0.444 e. The van der Waals surface area contributed by atoms with Gasteiger partial charge in [0.2, 0.25) is 11.8 Å². The molecule has 4 nitrogen and oxygen atoms in total. The highest BCUT2D eigenvalue weighted by Gasteiger charge is 2.28. The van der Waals surface area contributed by atoms with Crippen LogP contribution in [0.2, 0.25) is 4.34 Å². The van der Waals surface area contributed by atoms with Crippen LogP contribution >= 0.6 is 22.9 Å².